The van der Waals surface area contributed by atoms with Gasteiger partial charge in [-0.3, -0.25) is 9.89 Å². The number of nitrogens with one attached hydrogen (secondary N) is 2. The Labute approximate surface area is 107 Å². The van der Waals surface area contributed by atoms with Gasteiger partial charge in [0.05, 0.1) is 5.56 Å². The number of aromatic carboxylic acids is 1. The van der Waals surface area contributed by atoms with Gasteiger partial charge in [-0.25, -0.2) is 4.79 Å². The number of nitrogens with zero attached hydrogens (tertiary/aromatic N) is 2. The second-order valence-corrected chi connectivity index (χ2v) is 3.83. The molecule has 8 heteroatoms. The average Bonchev–Trinajstić information content (AvgIpc) is 2.75. The minimum Gasteiger partial charge on any atom is -0.478 e. The van der Waals surface area contributed by atoms with Crippen LogP contribution < -0.4 is 11.1 Å². The third kappa shape index (κ3) is 2.68. The van der Waals surface area contributed by atoms with Gasteiger partial charge in [0.25, 0.3) is 5.91 Å². The lowest BCUT2D eigenvalue weighted by atomic mass is 10.1. The van der Waals surface area contributed by atoms with Gasteiger partial charge in [-0.05, 0) is 30.7 Å². The maximum Gasteiger partial charge on any atom is 0.335 e. The zero-order valence-corrected chi connectivity index (χ0v) is 9.97. The lowest BCUT2D eigenvalue weighted by molar-refractivity contribution is 0.0696. The van der Waals surface area contributed by atoms with Crippen molar-refractivity contribution in [1.29, 1.82) is 0 Å². The summed E-state index contributed by atoms with van der Waals surface area (Å²) in [5.74, 6) is -1.56. The quantitative estimate of drug-likeness (QED) is 0.640. The number of nitrogen functional groups attached to an aromatic ring is 1. The molecule has 1 amide bonds. The number of carbonyl (C=O) groups is 2. The fraction of sp³-hybridized carbons (Fsp3) is 0.0909. The molecule has 2 rings (SSSR count). The number of anilines is 2. The molecule has 1 aromatic carbocycles. The Bertz CT molecular complexity index is 650. The number of aromatic amines is 1. The summed E-state index contributed by atoms with van der Waals surface area (Å²) in [6, 6.07) is 4.47. The zero-order chi connectivity index (χ0) is 14.0. The SMILES string of the molecule is Cc1cc(NC(=O)c2nc(N)n[nH]2)ccc1C(=O)O. The Hall–Kier alpha value is -2.90. The van der Waals surface area contributed by atoms with Gasteiger partial charge < -0.3 is 16.2 Å². The number of H-pyrrole nitrogens is 1. The van der Waals surface area contributed by atoms with Gasteiger partial charge in [-0.1, -0.05) is 0 Å². The second kappa shape index (κ2) is 4.77. The average molecular weight is 261 g/mol. The highest BCUT2D eigenvalue weighted by molar-refractivity contribution is 6.02. The highest BCUT2D eigenvalue weighted by Gasteiger charge is 2.12. The summed E-state index contributed by atoms with van der Waals surface area (Å²) < 4.78 is 0. The maximum atomic E-state index is 11.7. The van der Waals surface area contributed by atoms with Crippen LogP contribution in [0.3, 0.4) is 0 Å². The molecule has 8 nitrogen and oxygen atoms in total. The molecule has 98 valence electrons. The monoisotopic (exact) mass is 261 g/mol. The van der Waals surface area contributed by atoms with Crippen LogP contribution in [0.1, 0.15) is 26.5 Å². The Morgan fingerprint density at radius 1 is 1.42 bits per heavy atom. The topological polar surface area (TPSA) is 134 Å². The first kappa shape index (κ1) is 12.6. The molecule has 5 N–H and O–H groups in total. The van der Waals surface area contributed by atoms with Crippen molar-refractivity contribution in [2.75, 3.05) is 11.1 Å². The molecule has 0 aliphatic rings. The molecule has 0 radical (unpaired) electrons. The van der Waals surface area contributed by atoms with E-state index in [0.717, 1.165) is 0 Å². The van der Waals surface area contributed by atoms with Gasteiger partial charge in [-0.2, -0.15) is 4.98 Å². The van der Waals surface area contributed by atoms with Crippen LogP contribution in [0.5, 0.6) is 0 Å². The zero-order valence-electron chi connectivity index (χ0n) is 9.97. The van der Waals surface area contributed by atoms with Crippen LogP contribution in [0.4, 0.5) is 11.6 Å². The summed E-state index contributed by atoms with van der Waals surface area (Å²) in [5.41, 5.74) is 6.48. The highest BCUT2D eigenvalue weighted by atomic mass is 16.4. The minimum atomic E-state index is -1.02. The Morgan fingerprint density at radius 2 is 2.16 bits per heavy atom. The number of carboxylic acid groups (broad SMARTS) is 1. The van der Waals surface area contributed by atoms with Crippen molar-refractivity contribution in [1.82, 2.24) is 15.2 Å². The van der Waals surface area contributed by atoms with Crippen LogP contribution in [-0.4, -0.2) is 32.2 Å². The van der Waals surface area contributed by atoms with Crippen LogP contribution in [0.15, 0.2) is 18.2 Å². The smallest absolute Gasteiger partial charge is 0.335 e. The molecular formula is C11H11N5O3. The van der Waals surface area contributed by atoms with E-state index in [1.54, 1.807) is 13.0 Å². The molecule has 0 fully saturated rings. The summed E-state index contributed by atoms with van der Waals surface area (Å²) in [6.45, 7) is 1.64. The van der Waals surface area contributed by atoms with Gasteiger partial charge in [0.15, 0.2) is 0 Å². The van der Waals surface area contributed by atoms with Crippen molar-refractivity contribution in [3.05, 3.63) is 35.2 Å². The fourth-order valence-electron chi connectivity index (χ4n) is 1.55. The van der Waals surface area contributed by atoms with E-state index in [9.17, 15) is 9.59 Å². The predicted octanol–water partition coefficient (Wildman–Crippen LogP) is 0.646. The van der Waals surface area contributed by atoms with Crippen LogP contribution in [0, 0.1) is 6.92 Å². The maximum absolute atomic E-state index is 11.7. The van der Waals surface area contributed by atoms with Crippen molar-refractivity contribution >= 4 is 23.5 Å². The number of benzene rings is 1. The van der Waals surface area contributed by atoms with Crippen LogP contribution in [0.2, 0.25) is 0 Å². The number of nitrogens with two attached hydrogens (primary N) is 1. The van der Waals surface area contributed by atoms with Crippen LogP contribution in [0.25, 0.3) is 0 Å². The van der Waals surface area contributed by atoms with Gasteiger partial charge >= 0.3 is 5.97 Å². The van der Waals surface area contributed by atoms with Crippen LogP contribution >= 0.6 is 0 Å². The minimum absolute atomic E-state index is 0.0162. The fourth-order valence-corrected chi connectivity index (χ4v) is 1.55. The third-order valence-electron chi connectivity index (χ3n) is 2.43. The molecule has 0 bridgehead atoms. The molecule has 2 aromatic rings. The Morgan fingerprint density at radius 3 is 2.68 bits per heavy atom. The number of amides is 1. The first-order valence-corrected chi connectivity index (χ1v) is 5.30. The van der Waals surface area contributed by atoms with Crippen molar-refractivity contribution in [3.63, 3.8) is 0 Å². The molecule has 0 saturated heterocycles. The van der Waals surface area contributed by atoms with Crippen LogP contribution in [-0.2, 0) is 0 Å². The molecule has 1 heterocycles. The molecule has 0 saturated carbocycles. The molecule has 0 aliphatic heterocycles. The first-order valence-electron chi connectivity index (χ1n) is 5.30. The van der Waals surface area contributed by atoms with E-state index in [1.807, 2.05) is 0 Å². The summed E-state index contributed by atoms with van der Waals surface area (Å²) >= 11 is 0. The molecule has 0 unspecified atom stereocenters. The van der Waals surface area contributed by atoms with Gasteiger partial charge in [0.2, 0.25) is 11.8 Å². The lowest BCUT2D eigenvalue weighted by Crippen LogP contribution is -2.14. The van der Waals surface area contributed by atoms with E-state index in [-0.39, 0.29) is 17.3 Å². The van der Waals surface area contributed by atoms with Crippen molar-refractivity contribution < 1.29 is 14.7 Å². The van der Waals surface area contributed by atoms with E-state index in [4.69, 9.17) is 10.8 Å². The van der Waals surface area contributed by atoms with Crippen molar-refractivity contribution in [2.45, 2.75) is 6.92 Å². The van der Waals surface area contributed by atoms with E-state index >= 15 is 0 Å². The number of carbonyl (C=O) groups excluding carboxylic acids is 1. The summed E-state index contributed by atoms with van der Waals surface area (Å²) in [5, 5.41) is 17.4. The standard InChI is InChI=1S/C11H11N5O3/c1-5-4-6(2-3-7(5)10(18)19)13-9(17)8-14-11(12)16-15-8/h2-4H,1H3,(H,13,17)(H,18,19)(H3,12,14,15,16). The number of hydrogen-bond donors (Lipinski definition) is 4. The molecule has 19 heavy (non-hydrogen) atoms. The lowest BCUT2D eigenvalue weighted by Gasteiger charge is -2.06. The summed E-state index contributed by atoms with van der Waals surface area (Å²) in [7, 11) is 0. The molecule has 1 aromatic heterocycles. The number of carboxylic acids is 1. The molecule has 0 spiro atoms. The number of rotatable bonds is 3. The summed E-state index contributed by atoms with van der Waals surface area (Å²) in [6.07, 6.45) is 0. The van der Waals surface area contributed by atoms with E-state index < -0.39 is 11.9 Å². The Kier molecular flexibility index (Phi) is 3.15. The number of hydrogen-bond acceptors (Lipinski definition) is 5. The molecular weight excluding hydrogens is 250 g/mol. The third-order valence-corrected chi connectivity index (χ3v) is 2.43. The van der Waals surface area contributed by atoms with E-state index in [1.165, 1.54) is 12.1 Å². The molecule has 0 atom stereocenters. The number of aryl methyl sites for hydroxylation is 1. The van der Waals surface area contributed by atoms with Crippen molar-refractivity contribution in [2.24, 2.45) is 0 Å². The van der Waals surface area contributed by atoms with Crippen molar-refractivity contribution in [3.8, 4) is 0 Å². The van der Waals surface area contributed by atoms with E-state index in [2.05, 4.69) is 20.5 Å². The normalized spacial score (nSPS) is 10.2. The Balaban J connectivity index is 2.18. The van der Waals surface area contributed by atoms with Gasteiger partial charge in [-0.15, -0.1) is 5.10 Å². The van der Waals surface area contributed by atoms with Gasteiger partial charge in [0.1, 0.15) is 0 Å². The predicted molar refractivity (Wildman–Crippen MR) is 66.9 cm³/mol. The summed E-state index contributed by atoms with van der Waals surface area (Å²) in [4.78, 5) is 26.3. The van der Waals surface area contributed by atoms with E-state index in [0.29, 0.717) is 11.3 Å². The second-order valence-electron chi connectivity index (χ2n) is 3.83. The number of aromatic nitrogens is 3. The first-order chi connectivity index (χ1) is 8.97. The largest absolute Gasteiger partial charge is 0.478 e. The molecule has 0 aliphatic carbocycles. The highest BCUT2D eigenvalue weighted by Crippen LogP contribution is 2.15. The van der Waals surface area contributed by atoms with Gasteiger partial charge in [0, 0.05) is 5.69 Å².